The normalized spacial score (nSPS) is 23.1. The molecule has 0 unspecified atom stereocenters. The maximum atomic E-state index is 14.5. The first-order valence-electron chi connectivity index (χ1n) is 25.6. The number of thioether (sulfide) groups is 2. The molecule has 0 aromatic heterocycles. The zero-order valence-corrected chi connectivity index (χ0v) is 44.7. The molecular formula is C54H82N6O8S2. The van der Waals surface area contributed by atoms with E-state index in [4.69, 9.17) is 9.47 Å². The van der Waals surface area contributed by atoms with Crippen LogP contribution in [0.15, 0.2) is 60.7 Å². The number of rotatable bonds is 27. The highest BCUT2D eigenvalue weighted by atomic mass is 32.2. The van der Waals surface area contributed by atoms with Gasteiger partial charge in [0.25, 0.3) is 0 Å². The van der Waals surface area contributed by atoms with Crippen molar-refractivity contribution in [3.8, 4) is 0 Å². The van der Waals surface area contributed by atoms with Crippen molar-refractivity contribution >= 4 is 58.8 Å². The van der Waals surface area contributed by atoms with Gasteiger partial charge in [-0.3, -0.25) is 28.8 Å². The summed E-state index contributed by atoms with van der Waals surface area (Å²) in [6, 6.07) is 17.3. The van der Waals surface area contributed by atoms with Crippen LogP contribution in [0, 0.1) is 16.7 Å². The average Bonchev–Trinajstić information content (AvgIpc) is 3.38. The summed E-state index contributed by atoms with van der Waals surface area (Å²) in [7, 11) is 1.71. The fraction of sp³-hybridized carbons (Fsp3) is 0.667. The molecule has 3 heterocycles. The molecule has 3 aliphatic heterocycles. The summed E-state index contributed by atoms with van der Waals surface area (Å²) in [6.07, 6.45) is 7.28. The molecule has 9 atom stereocenters. The molecular weight excluding hydrogens is 925 g/mol. The largest absolute Gasteiger partial charge is 0.381 e. The Morgan fingerprint density at radius 1 is 0.829 bits per heavy atom. The van der Waals surface area contributed by atoms with E-state index in [-0.39, 0.29) is 76.8 Å². The maximum absolute atomic E-state index is 14.5. The second-order valence-electron chi connectivity index (χ2n) is 21.0. The number of unbranched alkanes of at least 4 members (excludes halogenated alkanes) is 3. The van der Waals surface area contributed by atoms with Crippen LogP contribution < -0.4 is 26.6 Å². The van der Waals surface area contributed by atoms with Crippen molar-refractivity contribution in [2.75, 3.05) is 45.0 Å². The maximum Gasteiger partial charge on any atom is 0.246 e. The van der Waals surface area contributed by atoms with Crippen LogP contribution in [0.4, 0.5) is 0 Å². The predicted octanol–water partition coefficient (Wildman–Crippen LogP) is 7.28. The number of hydrogen-bond acceptors (Lipinski definition) is 11. The minimum Gasteiger partial charge on any atom is -0.381 e. The van der Waals surface area contributed by atoms with Gasteiger partial charge in [-0.05, 0) is 92.4 Å². The van der Waals surface area contributed by atoms with Gasteiger partial charge in [-0.2, -0.15) is 0 Å². The predicted molar refractivity (Wildman–Crippen MR) is 280 cm³/mol. The molecule has 5 rings (SSSR count). The van der Waals surface area contributed by atoms with Crippen LogP contribution in [0.1, 0.15) is 142 Å². The van der Waals surface area contributed by atoms with Crippen molar-refractivity contribution in [3.63, 3.8) is 0 Å². The summed E-state index contributed by atoms with van der Waals surface area (Å²) in [6.45, 7) is 15.7. The lowest BCUT2D eigenvalue weighted by Crippen LogP contribution is -2.56. The number of nitrogens with one attached hydrogen (secondary N) is 5. The number of fused-ring (bicyclic) bond motifs is 1. The Morgan fingerprint density at radius 2 is 1.43 bits per heavy atom. The lowest BCUT2D eigenvalue weighted by Gasteiger charge is -2.35. The third-order valence-electron chi connectivity index (χ3n) is 14.0. The van der Waals surface area contributed by atoms with E-state index in [1.807, 2.05) is 88.4 Å². The molecule has 5 N–H and O–H groups in total. The summed E-state index contributed by atoms with van der Waals surface area (Å²) in [4.78, 5) is 82.3. The Hall–Kier alpha value is -3.96. The first-order valence-corrected chi connectivity index (χ1v) is 27.7. The van der Waals surface area contributed by atoms with E-state index in [1.165, 1.54) is 0 Å². The lowest BCUT2D eigenvalue weighted by atomic mass is 9.79. The number of carbonyl (C=O) groups excluding carboxylic acids is 6. The smallest absolute Gasteiger partial charge is 0.246 e. The monoisotopic (exact) mass is 1010 g/mol. The summed E-state index contributed by atoms with van der Waals surface area (Å²) < 4.78 is 12.4. The third kappa shape index (κ3) is 17.1. The molecule has 0 saturated carbocycles. The summed E-state index contributed by atoms with van der Waals surface area (Å²) in [5.74, 6) is 0.392. The fourth-order valence-electron chi connectivity index (χ4n) is 9.60. The number of ketones is 1. The summed E-state index contributed by atoms with van der Waals surface area (Å²) in [5.41, 5.74) is 1.17. The van der Waals surface area contributed by atoms with Gasteiger partial charge in [0.2, 0.25) is 29.5 Å². The molecule has 3 aliphatic rings. The highest BCUT2D eigenvalue weighted by Crippen LogP contribution is 2.47. The number of hydrogen-bond donors (Lipinski definition) is 5. The molecule has 3 fully saturated rings. The molecule has 3 saturated heterocycles. The van der Waals surface area contributed by atoms with Gasteiger partial charge < -0.3 is 41.0 Å². The highest BCUT2D eigenvalue weighted by molar-refractivity contribution is 8.00. The van der Waals surface area contributed by atoms with E-state index < -0.39 is 35.0 Å². The van der Waals surface area contributed by atoms with E-state index in [9.17, 15) is 28.8 Å². The van der Waals surface area contributed by atoms with Gasteiger partial charge in [-0.25, -0.2) is 0 Å². The number of nitrogens with zero attached hydrogens (tertiary/aromatic N) is 1. The zero-order valence-electron chi connectivity index (χ0n) is 43.0. The number of ether oxygens (including phenoxy) is 2. The van der Waals surface area contributed by atoms with Gasteiger partial charge in [0.15, 0.2) is 5.78 Å². The average molecular weight is 1010 g/mol. The van der Waals surface area contributed by atoms with Crippen LogP contribution in [-0.2, 0) is 38.2 Å². The van der Waals surface area contributed by atoms with Crippen molar-refractivity contribution in [1.82, 2.24) is 31.5 Å². The van der Waals surface area contributed by atoms with Crippen LogP contribution in [0.2, 0.25) is 0 Å². The van der Waals surface area contributed by atoms with Crippen molar-refractivity contribution in [1.29, 1.82) is 0 Å². The molecule has 5 amide bonds. The molecule has 0 spiro atoms. The topological polar surface area (TPSA) is 184 Å². The molecule has 2 aromatic carbocycles. The van der Waals surface area contributed by atoms with Gasteiger partial charge in [0, 0.05) is 37.9 Å². The molecule has 0 aliphatic carbocycles. The van der Waals surface area contributed by atoms with Crippen LogP contribution in [-0.4, -0.2) is 120 Å². The van der Waals surface area contributed by atoms with Crippen molar-refractivity contribution in [2.45, 2.75) is 166 Å². The zero-order chi connectivity index (χ0) is 50.8. The number of likely N-dealkylation sites (N-methyl/N-ethyl adjacent to an activating group) is 1. The van der Waals surface area contributed by atoms with E-state index in [1.54, 1.807) is 42.4 Å². The van der Waals surface area contributed by atoms with E-state index in [0.29, 0.717) is 58.5 Å². The number of carbonyl (C=O) groups is 6. The third-order valence-corrected chi connectivity index (χ3v) is 16.4. The summed E-state index contributed by atoms with van der Waals surface area (Å²) >= 11 is 3.36. The van der Waals surface area contributed by atoms with E-state index >= 15 is 0 Å². The van der Waals surface area contributed by atoms with Gasteiger partial charge >= 0.3 is 0 Å². The van der Waals surface area contributed by atoms with Crippen LogP contribution in [0.3, 0.4) is 0 Å². The lowest BCUT2D eigenvalue weighted by molar-refractivity contribution is -0.143. The van der Waals surface area contributed by atoms with Gasteiger partial charge in [-0.15, -0.1) is 23.5 Å². The minimum atomic E-state index is -0.671. The SMILES string of the molecule is CC[C@@H](C)C(=O)N[C@H]1CCS[C@@H](CC(C)(C)CC(=O)N[C@H](COCCCCCCOC[C@@H](CC(=O)[C@H]2N3C(=O)[C@@H](NC(=O)[C@H](C)NC)CCS[C@H]3CC2(C)C)c2ccccc2)c2ccccc2)NC1=O. The number of Topliss-reactive ketones (excluding diaryl/α,β-unsaturated/α-hetero) is 1. The Labute approximate surface area is 426 Å². The molecule has 0 bridgehead atoms. The summed E-state index contributed by atoms with van der Waals surface area (Å²) in [5, 5.41) is 14.9. The van der Waals surface area contributed by atoms with Crippen LogP contribution >= 0.6 is 23.5 Å². The second-order valence-corrected chi connectivity index (χ2v) is 23.6. The van der Waals surface area contributed by atoms with E-state index in [0.717, 1.165) is 48.3 Å². The first-order chi connectivity index (χ1) is 33.4. The first kappa shape index (κ1) is 56.9. The Balaban J connectivity index is 1.05. The quantitative estimate of drug-likeness (QED) is 0.0567. The number of amides is 5. The standard InChI is InChI=1S/C54H82N6O8S2/c1-9-36(2)49(63)57-41-24-28-69-46(59-51(41)65)32-53(4,5)31-45(62)56-43(39-22-16-13-17-23-39)35-68-27-19-11-10-18-26-67-34-40(38-20-14-12-15-21-38)30-44(61)48-54(6,7)33-47-60(48)52(66)42(25-29-70-47)58-50(64)37(3)55-8/h12-17,20-23,36-37,40-43,46-48,55H,9-11,18-19,24-35H2,1-8H3,(H,56,62)(H,57,63)(H,58,64)(H,59,65)/t36-,37+,40-,41+,42+,43-,46+,47+,48-/m1/s1. The second kappa shape index (κ2) is 27.8. The van der Waals surface area contributed by atoms with Gasteiger partial charge in [0.1, 0.15) is 12.1 Å². The van der Waals surface area contributed by atoms with Gasteiger partial charge in [0.05, 0.1) is 42.1 Å². The van der Waals surface area contributed by atoms with Crippen LogP contribution in [0.5, 0.6) is 0 Å². The highest BCUT2D eigenvalue weighted by Gasteiger charge is 2.54. The molecule has 388 valence electrons. The van der Waals surface area contributed by atoms with Crippen molar-refractivity contribution in [2.24, 2.45) is 16.7 Å². The minimum absolute atomic E-state index is 0.0212. The molecule has 0 radical (unpaired) electrons. The van der Waals surface area contributed by atoms with Crippen molar-refractivity contribution < 1.29 is 38.2 Å². The molecule has 2 aromatic rings. The van der Waals surface area contributed by atoms with E-state index in [2.05, 4.69) is 40.4 Å². The Bertz CT molecular complexity index is 2010. The Morgan fingerprint density at radius 3 is 2.07 bits per heavy atom. The van der Waals surface area contributed by atoms with Crippen molar-refractivity contribution in [3.05, 3.63) is 71.8 Å². The molecule has 14 nitrogen and oxygen atoms in total. The fourth-order valence-corrected chi connectivity index (χ4v) is 12.6. The van der Waals surface area contributed by atoms with Crippen LogP contribution in [0.25, 0.3) is 0 Å². The Kier molecular flexibility index (Phi) is 22.6. The number of benzene rings is 2. The molecule has 70 heavy (non-hydrogen) atoms. The van der Waals surface area contributed by atoms with Gasteiger partial charge in [-0.1, -0.05) is 115 Å². The molecule has 16 heteroatoms.